The molecule has 0 spiro atoms. The van der Waals surface area contributed by atoms with Gasteiger partial charge < -0.3 is 0 Å². The molecule has 12 heavy (non-hydrogen) atoms. The minimum atomic E-state index is 0.136. The van der Waals surface area contributed by atoms with Gasteiger partial charge in [-0.1, -0.05) is 39.8 Å². The summed E-state index contributed by atoms with van der Waals surface area (Å²) in [7, 11) is 0. The van der Waals surface area contributed by atoms with Gasteiger partial charge in [0.2, 0.25) is 0 Å². The van der Waals surface area contributed by atoms with E-state index in [2.05, 4.69) is 27.7 Å². The predicted octanol–water partition coefficient (Wildman–Crippen LogP) is 3.35. The van der Waals surface area contributed by atoms with Gasteiger partial charge in [-0.15, -0.1) is 0 Å². The van der Waals surface area contributed by atoms with Crippen molar-refractivity contribution in [3.63, 3.8) is 0 Å². The Hall–Kier alpha value is -0.590. The molecule has 0 amide bonds. The average Bonchev–Trinajstić information content (AvgIpc) is 1.84. The molecule has 0 aromatic carbocycles. The molecule has 0 unspecified atom stereocenters. The van der Waals surface area contributed by atoms with Gasteiger partial charge in [-0.25, -0.2) is 0 Å². The van der Waals surface area contributed by atoms with E-state index in [0.29, 0.717) is 18.6 Å². The van der Waals surface area contributed by atoms with Crippen LogP contribution in [0.3, 0.4) is 0 Å². The van der Waals surface area contributed by atoms with Gasteiger partial charge in [0.05, 0.1) is 0 Å². The van der Waals surface area contributed by atoms with E-state index >= 15 is 0 Å². The smallest absolute Gasteiger partial charge is 0.137 e. The van der Waals surface area contributed by atoms with Crippen LogP contribution in [0.1, 0.15) is 47.0 Å². The minimum absolute atomic E-state index is 0.136. The Morgan fingerprint density at radius 3 is 2.25 bits per heavy atom. The standard InChI is InChI=1S/C11H20O/c1-5-6-7-8-10(12)9-11(2,3)4/h6-7H,5,8-9H2,1-4H3/b7-6-. The fourth-order valence-electron chi connectivity index (χ4n) is 1.05. The lowest BCUT2D eigenvalue weighted by molar-refractivity contribution is -0.119. The van der Waals surface area contributed by atoms with E-state index < -0.39 is 0 Å². The van der Waals surface area contributed by atoms with Crippen molar-refractivity contribution in [3.05, 3.63) is 12.2 Å². The lowest BCUT2D eigenvalue weighted by Gasteiger charge is -2.15. The third-order valence-corrected chi connectivity index (χ3v) is 1.48. The van der Waals surface area contributed by atoms with E-state index in [9.17, 15) is 4.79 Å². The zero-order chi connectivity index (χ0) is 9.61. The predicted molar refractivity (Wildman–Crippen MR) is 53.1 cm³/mol. The number of ketones is 1. The molecule has 70 valence electrons. The van der Waals surface area contributed by atoms with E-state index in [0.717, 1.165) is 6.42 Å². The van der Waals surface area contributed by atoms with Crippen molar-refractivity contribution >= 4 is 5.78 Å². The summed E-state index contributed by atoms with van der Waals surface area (Å²) in [6.45, 7) is 8.35. The van der Waals surface area contributed by atoms with Crippen LogP contribution in [0.15, 0.2) is 12.2 Å². The highest BCUT2D eigenvalue weighted by Gasteiger charge is 2.14. The van der Waals surface area contributed by atoms with Gasteiger partial charge in [-0.05, 0) is 11.8 Å². The van der Waals surface area contributed by atoms with Crippen molar-refractivity contribution < 1.29 is 4.79 Å². The summed E-state index contributed by atoms with van der Waals surface area (Å²) in [5, 5.41) is 0. The maximum Gasteiger partial charge on any atom is 0.137 e. The molecular formula is C11H20O. The molecule has 0 atom stereocenters. The van der Waals surface area contributed by atoms with Crippen LogP contribution in [0.25, 0.3) is 0 Å². The van der Waals surface area contributed by atoms with Gasteiger partial charge in [0.15, 0.2) is 0 Å². The zero-order valence-electron chi connectivity index (χ0n) is 8.68. The van der Waals surface area contributed by atoms with E-state index in [1.807, 2.05) is 12.2 Å². The number of allylic oxidation sites excluding steroid dienone is 2. The maximum absolute atomic E-state index is 11.3. The van der Waals surface area contributed by atoms with E-state index in [1.54, 1.807) is 0 Å². The highest BCUT2D eigenvalue weighted by molar-refractivity contribution is 5.80. The molecule has 0 aromatic heterocycles. The Bertz CT molecular complexity index is 160. The third kappa shape index (κ3) is 7.52. The van der Waals surface area contributed by atoms with Gasteiger partial charge in [0, 0.05) is 12.8 Å². The van der Waals surface area contributed by atoms with Crippen molar-refractivity contribution in [2.75, 3.05) is 0 Å². The van der Waals surface area contributed by atoms with Crippen molar-refractivity contribution in [1.29, 1.82) is 0 Å². The lowest BCUT2D eigenvalue weighted by atomic mass is 9.89. The summed E-state index contributed by atoms with van der Waals surface area (Å²) in [6.07, 6.45) is 6.31. The van der Waals surface area contributed by atoms with Gasteiger partial charge >= 0.3 is 0 Å². The Balaban J connectivity index is 3.68. The molecule has 0 aliphatic carbocycles. The fraction of sp³-hybridized carbons (Fsp3) is 0.727. The molecule has 0 aliphatic heterocycles. The maximum atomic E-state index is 11.3. The number of Topliss-reactive ketones (excluding diaryl/α,β-unsaturated/α-hetero) is 1. The Kier molecular flexibility index (Phi) is 4.87. The molecule has 0 aliphatic rings. The molecule has 1 heteroatoms. The molecular weight excluding hydrogens is 148 g/mol. The molecule has 0 rings (SSSR count). The molecule has 0 bridgehead atoms. The Morgan fingerprint density at radius 1 is 1.25 bits per heavy atom. The Morgan fingerprint density at radius 2 is 1.83 bits per heavy atom. The monoisotopic (exact) mass is 168 g/mol. The number of hydrogen-bond acceptors (Lipinski definition) is 1. The topological polar surface area (TPSA) is 17.1 Å². The first-order chi connectivity index (χ1) is 5.45. The first-order valence-electron chi connectivity index (χ1n) is 4.62. The molecule has 1 nitrogen and oxygen atoms in total. The summed E-state index contributed by atoms with van der Waals surface area (Å²) in [6, 6.07) is 0. The summed E-state index contributed by atoms with van der Waals surface area (Å²) < 4.78 is 0. The van der Waals surface area contributed by atoms with Crippen LogP contribution in [0.4, 0.5) is 0 Å². The van der Waals surface area contributed by atoms with Crippen LogP contribution in [-0.4, -0.2) is 5.78 Å². The highest BCUT2D eigenvalue weighted by atomic mass is 16.1. The quantitative estimate of drug-likeness (QED) is 0.588. The first kappa shape index (κ1) is 11.4. The minimum Gasteiger partial charge on any atom is -0.299 e. The fourth-order valence-corrected chi connectivity index (χ4v) is 1.05. The SMILES string of the molecule is CC/C=C\CC(=O)CC(C)(C)C. The molecule has 0 saturated carbocycles. The van der Waals surface area contributed by atoms with Crippen LogP contribution in [0.2, 0.25) is 0 Å². The van der Waals surface area contributed by atoms with Crippen LogP contribution in [0.5, 0.6) is 0 Å². The van der Waals surface area contributed by atoms with Gasteiger partial charge in [-0.2, -0.15) is 0 Å². The van der Waals surface area contributed by atoms with Crippen LogP contribution >= 0.6 is 0 Å². The average molecular weight is 168 g/mol. The zero-order valence-corrected chi connectivity index (χ0v) is 8.68. The van der Waals surface area contributed by atoms with E-state index in [4.69, 9.17) is 0 Å². The van der Waals surface area contributed by atoms with Crippen LogP contribution < -0.4 is 0 Å². The number of rotatable bonds is 4. The van der Waals surface area contributed by atoms with Crippen molar-refractivity contribution in [1.82, 2.24) is 0 Å². The largest absolute Gasteiger partial charge is 0.299 e. The number of carbonyl (C=O) groups is 1. The van der Waals surface area contributed by atoms with Crippen molar-refractivity contribution in [2.24, 2.45) is 5.41 Å². The second-order valence-corrected chi connectivity index (χ2v) is 4.36. The van der Waals surface area contributed by atoms with Gasteiger partial charge in [-0.3, -0.25) is 4.79 Å². The molecule has 0 aromatic rings. The number of carbonyl (C=O) groups excluding carboxylic acids is 1. The molecule has 0 radical (unpaired) electrons. The van der Waals surface area contributed by atoms with Crippen LogP contribution in [0, 0.1) is 5.41 Å². The molecule has 0 saturated heterocycles. The third-order valence-electron chi connectivity index (χ3n) is 1.48. The highest BCUT2D eigenvalue weighted by Crippen LogP contribution is 2.19. The summed E-state index contributed by atoms with van der Waals surface area (Å²) in [4.78, 5) is 11.3. The first-order valence-corrected chi connectivity index (χ1v) is 4.62. The van der Waals surface area contributed by atoms with E-state index in [-0.39, 0.29) is 5.41 Å². The number of hydrogen-bond donors (Lipinski definition) is 0. The molecule has 0 fully saturated rings. The van der Waals surface area contributed by atoms with Crippen molar-refractivity contribution in [3.8, 4) is 0 Å². The van der Waals surface area contributed by atoms with Gasteiger partial charge in [0.1, 0.15) is 5.78 Å². The molecule has 0 heterocycles. The summed E-state index contributed by atoms with van der Waals surface area (Å²) in [5.74, 6) is 0.340. The summed E-state index contributed by atoms with van der Waals surface area (Å²) >= 11 is 0. The lowest BCUT2D eigenvalue weighted by Crippen LogP contribution is -2.11. The second kappa shape index (κ2) is 5.13. The van der Waals surface area contributed by atoms with Crippen LogP contribution in [-0.2, 0) is 4.79 Å². The van der Waals surface area contributed by atoms with Gasteiger partial charge in [0.25, 0.3) is 0 Å². The summed E-state index contributed by atoms with van der Waals surface area (Å²) in [5.41, 5.74) is 0.136. The normalized spacial score (nSPS) is 12.3. The van der Waals surface area contributed by atoms with E-state index in [1.165, 1.54) is 0 Å². The van der Waals surface area contributed by atoms with Crippen molar-refractivity contribution in [2.45, 2.75) is 47.0 Å². The Labute approximate surface area is 75.9 Å². The second-order valence-electron chi connectivity index (χ2n) is 4.36. The molecule has 0 N–H and O–H groups in total.